The molecule has 10 aromatic rings. The summed E-state index contributed by atoms with van der Waals surface area (Å²) < 4.78 is 86.1. The molecule has 502 valence electrons. The van der Waals surface area contributed by atoms with E-state index in [9.17, 15) is 55.5 Å². The van der Waals surface area contributed by atoms with Crippen LogP contribution >= 0.6 is 23.2 Å². The summed E-state index contributed by atoms with van der Waals surface area (Å²) >= 11 is 11.1. The number of H-pyrrole nitrogens is 2. The van der Waals surface area contributed by atoms with E-state index >= 15 is 0 Å². The molecule has 98 heavy (non-hydrogen) atoms. The van der Waals surface area contributed by atoms with Crippen LogP contribution in [0.4, 0.5) is 22.0 Å². The first-order valence-corrected chi connectivity index (χ1v) is 28.9. The number of benzene rings is 5. The van der Waals surface area contributed by atoms with Gasteiger partial charge >= 0.3 is 31.0 Å². The summed E-state index contributed by atoms with van der Waals surface area (Å²) in [7, 11) is 2.97. The van der Waals surface area contributed by atoms with E-state index in [1.54, 1.807) is 47.5 Å². The number of hydrogen-bond acceptors (Lipinski definition) is 23. The van der Waals surface area contributed by atoms with Crippen LogP contribution in [0.1, 0.15) is 64.6 Å². The van der Waals surface area contributed by atoms with Crippen LogP contribution in [0.3, 0.4) is 0 Å². The van der Waals surface area contributed by atoms with Gasteiger partial charge in [-0.3, -0.25) is 14.4 Å². The van der Waals surface area contributed by atoms with Crippen molar-refractivity contribution in [1.82, 2.24) is 55.9 Å². The van der Waals surface area contributed by atoms with E-state index in [-0.39, 0.29) is 67.7 Å². The van der Waals surface area contributed by atoms with Crippen molar-refractivity contribution in [2.45, 2.75) is 12.8 Å². The van der Waals surface area contributed by atoms with Crippen LogP contribution in [-0.4, -0.2) is 144 Å². The number of carbonyl (C=O) groups is 5. The molecule has 11 rings (SSSR count). The Labute approximate surface area is 562 Å². The van der Waals surface area contributed by atoms with E-state index in [0.29, 0.717) is 51.5 Å². The van der Waals surface area contributed by atoms with Crippen molar-refractivity contribution in [1.29, 1.82) is 5.26 Å². The standard InChI is InChI=1S/C17H15FN4O.C12H8ClFN2O2.C12H9FN2O3.C12H9FN2O2.C8H8BFO4.C4H3ClN2O/c18-16-8-13(14-3-5-20-21-9-14)1-2-15(16)17(23)7-12-4-6-22(10-12)11-19;1-18-12(17)9-3-2-7(4-10(9)14)8-5-11(13)16-15-6-8;1-18-12(17)9-3-2-7(4-10(9)13)8-5-11(16)15-14-6-8;1-17-12(16)10-3-2-8(6-11(10)13)9-4-5-14-15-7-9;1-14-8(11)6-3-2-5(9(12)13)4-7(6)10;5-3-1-4(8)7-6-2-3/h1-3,5,8-9,12H,4,6-7,10H2;2-6H,1H3;2-6H,1H3,(H,15,16);2-7H,1H3;2-4,12-13H,1H3;1-2H,(H,7,8)/t12-;;;;;/m0...../s1. The number of rotatable bonds is 12. The van der Waals surface area contributed by atoms with Crippen LogP contribution in [-0.2, 0) is 18.9 Å². The molecule has 5 aromatic heterocycles. The highest BCUT2D eigenvalue weighted by Crippen LogP contribution is 2.27. The molecular formula is C65H52BCl2F5N12O13. The number of hydrogen-bond donors (Lipinski definition) is 4. The molecule has 1 aliphatic heterocycles. The summed E-state index contributed by atoms with van der Waals surface area (Å²) in [5.74, 6) is -6.42. The third kappa shape index (κ3) is 22.1. The quantitative estimate of drug-likeness (QED) is 0.0222. The summed E-state index contributed by atoms with van der Waals surface area (Å²) in [6.45, 7) is 1.25. The second-order valence-corrected chi connectivity index (χ2v) is 20.6. The highest BCUT2D eigenvalue weighted by Gasteiger charge is 2.26. The fourth-order valence-corrected chi connectivity index (χ4v) is 8.88. The Kier molecular flexibility index (Phi) is 28.6. The SMILES string of the molecule is COC(=O)c1ccc(-c2ccnnc2)cc1F.COC(=O)c1ccc(-c2cn[nH]c(=O)c2)cc1F.COC(=O)c1ccc(-c2cnnc(Cl)c2)cc1F.COC(=O)c1ccc(B(O)O)cc1F.N#CN1CC[C@@H](CC(=O)c2ccc(-c3ccnnc3)cc2F)C1.O=c1cc(Cl)cn[nH]1. The summed E-state index contributed by atoms with van der Waals surface area (Å²) in [6, 6.07) is 27.8. The molecule has 4 N–H and O–H groups in total. The summed E-state index contributed by atoms with van der Waals surface area (Å²) in [5.41, 5.74) is 3.69. The molecule has 0 unspecified atom stereocenters. The minimum absolute atomic E-state index is 0.0184. The number of nitrogens with zero attached hydrogens (tertiary/aromatic N) is 10. The normalized spacial score (nSPS) is 11.6. The van der Waals surface area contributed by atoms with E-state index in [0.717, 1.165) is 42.9 Å². The third-order valence-corrected chi connectivity index (χ3v) is 13.8. The maximum atomic E-state index is 14.3. The van der Waals surface area contributed by atoms with E-state index < -0.39 is 60.1 Å². The number of likely N-dealkylation sites (tertiary alicyclic amines) is 1. The van der Waals surface area contributed by atoms with E-state index in [4.69, 9.17) is 38.5 Å². The van der Waals surface area contributed by atoms with Gasteiger partial charge in [-0.1, -0.05) is 53.5 Å². The molecule has 0 radical (unpaired) electrons. The molecule has 5 aromatic carbocycles. The number of nitrogens with one attached hydrogen (secondary N) is 2. The van der Waals surface area contributed by atoms with Crippen molar-refractivity contribution in [2.24, 2.45) is 5.92 Å². The summed E-state index contributed by atoms with van der Waals surface area (Å²) in [4.78, 5) is 79.9. The highest BCUT2D eigenvalue weighted by atomic mass is 35.5. The Morgan fingerprint density at radius 2 is 0.929 bits per heavy atom. The van der Waals surface area contributed by atoms with Crippen LogP contribution in [0, 0.1) is 46.5 Å². The van der Waals surface area contributed by atoms with Crippen molar-refractivity contribution >= 4 is 65.4 Å². The zero-order valence-electron chi connectivity index (χ0n) is 51.6. The molecule has 0 spiro atoms. The predicted octanol–water partition coefficient (Wildman–Crippen LogP) is 8.53. The van der Waals surface area contributed by atoms with E-state index in [1.807, 2.05) is 0 Å². The van der Waals surface area contributed by atoms with Gasteiger partial charge in [0.05, 0.1) is 105 Å². The second-order valence-electron chi connectivity index (χ2n) is 19.8. The average molecular weight is 1390 g/mol. The Bertz CT molecular complexity index is 4610. The topological polar surface area (TPSA) is 359 Å². The fourth-order valence-electron chi connectivity index (χ4n) is 8.57. The molecule has 1 aliphatic rings. The van der Waals surface area contributed by atoms with Gasteiger partial charge in [-0.2, -0.15) is 41.0 Å². The van der Waals surface area contributed by atoms with Gasteiger partial charge in [0.25, 0.3) is 11.1 Å². The van der Waals surface area contributed by atoms with Crippen LogP contribution in [0.25, 0.3) is 44.5 Å². The number of halogens is 7. The molecule has 33 heteroatoms. The molecule has 1 atom stereocenters. The molecule has 1 fully saturated rings. The first-order valence-electron chi connectivity index (χ1n) is 28.1. The van der Waals surface area contributed by atoms with Gasteiger partial charge in [0.1, 0.15) is 29.1 Å². The van der Waals surface area contributed by atoms with E-state index in [2.05, 4.69) is 76.1 Å². The maximum Gasteiger partial charge on any atom is 0.488 e. The van der Waals surface area contributed by atoms with Gasteiger partial charge in [-0.15, -0.1) is 5.10 Å². The number of carbonyl (C=O) groups excluding carboxylic acids is 5. The van der Waals surface area contributed by atoms with Crippen LogP contribution in [0.15, 0.2) is 174 Å². The number of ketones is 1. The summed E-state index contributed by atoms with van der Waals surface area (Å²) in [6.07, 6.45) is 13.5. The minimum atomic E-state index is -1.75. The number of methoxy groups -OCH3 is 4. The number of aromatic amines is 2. The van der Waals surface area contributed by atoms with Crippen LogP contribution < -0.4 is 16.6 Å². The monoisotopic (exact) mass is 1380 g/mol. The van der Waals surface area contributed by atoms with Gasteiger partial charge in [-0.05, 0) is 119 Å². The smallest absolute Gasteiger partial charge is 0.465 e. The molecule has 0 amide bonds. The zero-order chi connectivity index (χ0) is 71.4. The molecule has 0 bridgehead atoms. The largest absolute Gasteiger partial charge is 0.488 e. The molecule has 0 saturated carbocycles. The molecule has 0 aliphatic carbocycles. The van der Waals surface area contributed by atoms with Gasteiger partial charge in [-0.25, -0.2) is 51.3 Å². The first-order chi connectivity index (χ1) is 47.0. The number of esters is 4. The minimum Gasteiger partial charge on any atom is -0.465 e. The average Bonchev–Trinajstić information content (AvgIpc) is 0.945. The Morgan fingerprint density at radius 3 is 1.29 bits per heavy atom. The third-order valence-electron chi connectivity index (χ3n) is 13.4. The molecule has 1 saturated heterocycles. The number of nitriles is 1. The number of aromatic nitrogens is 10. The van der Waals surface area contributed by atoms with Gasteiger partial charge < -0.3 is 33.9 Å². The molecule has 25 nitrogen and oxygen atoms in total. The van der Waals surface area contributed by atoms with E-state index in [1.165, 1.54) is 125 Å². The maximum absolute atomic E-state index is 14.3. The van der Waals surface area contributed by atoms with Gasteiger partial charge in [0.2, 0.25) is 0 Å². The van der Waals surface area contributed by atoms with Crippen molar-refractivity contribution in [3.63, 3.8) is 0 Å². The van der Waals surface area contributed by atoms with Crippen molar-refractivity contribution in [3.05, 3.63) is 252 Å². The lowest BCUT2D eigenvalue weighted by Crippen LogP contribution is -2.30. The van der Waals surface area contributed by atoms with Crippen LogP contribution in [0.5, 0.6) is 0 Å². The second kappa shape index (κ2) is 37.3. The predicted molar refractivity (Wildman–Crippen MR) is 343 cm³/mol. The fraction of sp³-hybridized carbons (Fsp3) is 0.138. The highest BCUT2D eigenvalue weighted by molar-refractivity contribution is 6.58. The number of ether oxygens (including phenoxy) is 4. The van der Waals surface area contributed by atoms with Crippen molar-refractivity contribution in [3.8, 4) is 50.7 Å². The molecule has 6 heterocycles. The van der Waals surface area contributed by atoms with Crippen molar-refractivity contribution in [2.75, 3.05) is 41.5 Å². The summed E-state index contributed by atoms with van der Waals surface area (Å²) in [5, 5.41) is 60.3. The first kappa shape index (κ1) is 75.2. The van der Waals surface area contributed by atoms with Crippen LogP contribution in [0.2, 0.25) is 10.2 Å². The Hall–Kier alpha value is -11.8. The Balaban J connectivity index is 0.000000189. The van der Waals surface area contributed by atoms with Gasteiger partial charge in [0, 0.05) is 53.9 Å². The molecular weight excluding hydrogens is 1330 g/mol. The van der Waals surface area contributed by atoms with Gasteiger partial charge in [0.15, 0.2) is 17.1 Å². The van der Waals surface area contributed by atoms with Crippen molar-refractivity contribution < 1.29 is 74.9 Å². The lowest BCUT2D eigenvalue weighted by molar-refractivity contribution is 0.0586. The Morgan fingerprint density at radius 1 is 0.520 bits per heavy atom. The lowest BCUT2D eigenvalue weighted by Gasteiger charge is -2.10. The zero-order valence-corrected chi connectivity index (χ0v) is 53.1. The number of Topliss-reactive ketones (excluding diaryl/α,β-unsaturated/α-hetero) is 1. The lowest BCUT2D eigenvalue weighted by atomic mass is 9.80.